The Morgan fingerprint density at radius 3 is 2.75 bits per heavy atom. The number of oxazole rings is 1. The van der Waals surface area contributed by atoms with Crippen molar-refractivity contribution >= 4 is 33.6 Å². The number of aromatic nitrogens is 2. The van der Waals surface area contributed by atoms with Gasteiger partial charge in [0, 0.05) is 48.5 Å². The van der Waals surface area contributed by atoms with E-state index in [1.807, 2.05) is 55.0 Å². The van der Waals surface area contributed by atoms with E-state index in [0.29, 0.717) is 35.4 Å². The summed E-state index contributed by atoms with van der Waals surface area (Å²) in [5, 5.41) is 3.84. The Kier molecular flexibility index (Phi) is 4.52. The van der Waals surface area contributed by atoms with Gasteiger partial charge in [-0.05, 0) is 50.5 Å². The Morgan fingerprint density at radius 2 is 1.96 bits per heavy atom. The second kappa shape index (κ2) is 7.01. The van der Waals surface area contributed by atoms with E-state index in [1.54, 1.807) is 28.8 Å². The Labute approximate surface area is 161 Å². The zero-order valence-electron chi connectivity index (χ0n) is 16.1. The summed E-state index contributed by atoms with van der Waals surface area (Å²) in [4.78, 5) is 27.0. The predicted octanol–water partition coefficient (Wildman–Crippen LogP) is 2.90. The number of hydrogen-bond donors (Lipinski definition) is 1. The number of benzene rings is 2. The van der Waals surface area contributed by atoms with Crippen LogP contribution < -0.4 is 11.1 Å². The van der Waals surface area contributed by atoms with Gasteiger partial charge in [-0.25, -0.2) is 4.79 Å². The zero-order valence-corrected chi connectivity index (χ0v) is 16.1. The number of likely N-dealkylation sites (N-methyl/N-ethyl adjacent to an activating group) is 1. The van der Waals surface area contributed by atoms with E-state index in [0.717, 1.165) is 10.9 Å². The molecule has 2 aromatic heterocycles. The lowest BCUT2D eigenvalue weighted by Gasteiger charge is -2.10. The predicted molar refractivity (Wildman–Crippen MR) is 110 cm³/mol. The number of nitrogens with one attached hydrogen (secondary N) is 1. The van der Waals surface area contributed by atoms with E-state index in [9.17, 15) is 9.59 Å². The second-order valence-corrected chi connectivity index (χ2v) is 7.12. The van der Waals surface area contributed by atoms with Crippen LogP contribution in [0.4, 0.5) is 5.69 Å². The zero-order chi connectivity index (χ0) is 19.8. The summed E-state index contributed by atoms with van der Waals surface area (Å²) in [6.07, 6.45) is 1.93. The van der Waals surface area contributed by atoms with E-state index < -0.39 is 5.76 Å². The number of aryl methyl sites for hydroxylation is 1. The molecule has 7 nitrogen and oxygen atoms in total. The molecule has 0 bridgehead atoms. The number of nitrogens with zero attached hydrogens (tertiary/aromatic N) is 3. The molecule has 7 heteroatoms. The fraction of sp³-hybridized carbons (Fsp3) is 0.238. The van der Waals surface area contributed by atoms with Crippen LogP contribution in [0.1, 0.15) is 10.4 Å². The highest BCUT2D eigenvalue weighted by Gasteiger charge is 2.14. The van der Waals surface area contributed by atoms with Crippen molar-refractivity contribution < 1.29 is 9.21 Å². The highest BCUT2D eigenvalue weighted by Crippen LogP contribution is 2.23. The summed E-state index contributed by atoms with van der Waals surface area (Å²) in [6.45, 7) is 1.22. The Balaban J connectivity index is 1.66. The number of carbonyl (C=O) groups excluding carboxylic acids is 1. The SMILES string of the molecule is CN(C)CCn1c(=O)oc2ccc(NC(=O)c3cccc4c3ccn4C)cc21. The molecule has 0 fully saturated rings. The van der Waals surface area contributed by atoms with Gasteiger partial charge in [0.25, 0.3) is 5.91 Å². The lowest BCUT2D eigenvalue weighted by atomic mass is 10.1. The molecular formula is C21H22N4O3. The molecule has 4 aromatic rings. The molecule has 0 saturated heterocycles. The number of anilines is 1. The molecule has 4 rings (SSSR count). The van der Waals surface area contributed by atoms with Crippen LogP contribution in [0.2, 0.25) is 0 Å². The molecule has 0 spiro atoms. The van der Waals surface area contributed by atoms with Crippen LogP contribution in [0.5, 0.6) is 0 Å². The molecule has 0 aliphatic rings. The minimum atomic E-state index is -0.394. The van der Waals surface area contributed by atoms with Gasteiger partial charge in [0.2, 0.25) is 0 Å². The Hall–Kier alpha value is -3.32. The summed E-state index contributed by atoms with van der Waals surface area (Å²) in [5.74, 6) is -0.587. The first kappa shape index (κ1) is 18.1. The van der Waals surface area contributed by atoms with E-state index in [-0.39, 0.29) is 5.91 Å². The van der Waals surface area contributed by atoms with Gasteiger partial charge in [-0.15, -0.1) is 0 Å². The third-order valence-corrected chi connectivity index (χ3v) is 4.87. The number of carbonyl (C=O) groups is 1. The fourth-order valence-corrected chi connectivity index (χ4v) is 3.35. The molecular weight excluding hydrogens is 356 g/mol. The monoisotopic (exact) mass is 378 g/mol. The van der Waals surface area contributed by atoms with Crippen molar-refractivity contribution in [2.45, 2.75) is 6.54 Å². The topological polar surface area (TPSA) is 72.4 Å². The molecule has 0 unspecified atom stereocenters. The van der Waals surface area contributed by atoms with Crippen LogP contribution in [0.15, 0.2) is 57.9 Å². The van der Waals surface area contributed by atoms with Crippen LogP contribution in [0.25, 0.3) is 22.0 Å². The highest BCUT2D eigenvalue weighted by molar-refractivity contribution is 6.12. The number of rotatable bonds is 5. The summed E-state index contributed by atoms with van der Waals surface area (Å²) >= 11 is 0. The van der Waals surface area contributed by atoms with Crippen molar-refractivity contribution in [1.82, 2.24) is 14.0 Å². The average Bonchev–Trinajstić information content (AvgIpc) is 3.19. The quantitative estimate of drug-likeness (QED) is 0.580. The summed E-state index contributed by atoms with van der Waals surface area (Å²) in [7, 11) is 5.84. The van der Waals surface area contributed by atoms with Gasteiger partial charge in [-0.1, -0.05) is 6.07 Å². The molecule has 1 N–H and O–H groups in total. The molecule has 144 valence electrons. The maximum Gasteiger partial charge on any atom is 0.419 e. The average molecular weight is 378 g/mol. The first-order chi connectivity index (χ1) is 13.4. The van der Waals surface area contributed by atoms with E-state index >= 15 is 0 Å². The van der Waals surface area contributed by atoms with Crippen LogP contribution in [-0.4, -0.2) is 40.6 Å². The van der Waals surface area contributed by atoms with Gasteiger partial charge in [-0.3, -0.25) is 9.36 Å². The van der Waals surface area contributed by atoms with Gasteiger partial charge in [0.15, 0.2) is 5.58 Å². The fourth-order valence-electron chi connectivity index (χ4n) is 3.35. The molecule has 0 radical (unpaired) electrons. The van der Waals surface area contributed by atoms with E-state index in [2.05, 4.69) is 5.32 Å². The van der Waals surface area contributed by atoms with Crippen molar-refractivity contribution in [3.05, 3.63) is 64.8 Å². The largest absolute Gasteiger partial charge is 0.419 e. The third kappa shape index (κ3) is 3.20. The third-order valence-electron chi connectivity index (χ3n) is 4.87. The number of amides is 1. The van der Waals surface area contributed by atoms with Gasteiger partial charge in [0.05, 0.1) is 5.52 Å². The summed E-state index contributed by atoms with van der Waals surface area (Å²) in [5.41, 5.74) is 3.39. The van der Waals surface area contributed by atoms with Crippen LogP contribution >= 0.6 is 0 Å². The van der Waals surface area contributed by atoms with Crippen molar-refractivity contribution in [3.8, 4) is 0 Å². The smallest absolute Gasteiger partial charge is 0.408 e. The normalized spacial score (nSPS) is 11.6. The minimum Gasteiger partial charge on any atom is -0.408 e. The molecule has 0 atom stereocenters. The molecule has 1 amide bonds. The second-order valence-electron chi connectivity index (χ2n) is 7.12. The summed E-state index contributed by atoms with van der Waals surface area (Å²) in [6, 6.07) is 12.8. The minimum absolute atomic E-state index is 0.193. The first-order valence-corrected chi connectivity index (χ1v) is 9.07. The lowest BCUT2D eigenvalue weighted by molar-refractivity contribution is 0.102. The Bertz CT molecular complexity index is 1230. The molecule has 0 saturated carbocycles. The van der Waals surface area contributed by atoms with Crippen molar-refractivity contribution in [3.63, 3.8) is 0 Å². The summed E-state index contributed by atoms with van der Waals surface area (Å²) < 4.78 is 8.88. The molecule has 0 aliphatic carbocycles. The van der Waals surface area contributed by atoms with E-state index in [4.69, 9.17) is 4.42 Å². The van der Waals surface area contributed by atoms with Gasteiger partial charge >= 0.3 is 5.76 Å². The maximum absolute atomic E-state index is 12.9. The van der Waals surface area contributed by atoms with Gasteiger partial charge in [-0.2, -0.15) is 0 Å². The maximum atomic E-state index is 12.9. The van der Waals surface area contributed by atoms with Crippen molar-refractivity contribution in [2.75, 3.05) is 26.0 Å². The number of fused-ring (bicyclic) bond motifs is 2. The van der Waals surface area contributed by atoms with Crippen molar-refractivity contribution in [2.24, 2.45) is 7.05 Å². The van der Waals surface area contributed by atoms with Crippen LogP contribution in [-0.2, 0) is 13.6 Å². The first-order valence-electron chi connectivity index (χ1n) is 9.07. The molecule has 28 heavy (non-hydrogen) atoms. The van der Waals surface area contributed by atoms with Crippen LogP contribution in [0, 0.1) is 0 Å². The van der Waals surface area contributed by atoms with Gasteiger partial charge < -0.3 is 19.2 Å². The van der Waals surface area contributed by atoms with Gasteiger partial charge in [0.1, 0.15) is 0 Å². The van der Waals surface area contributed by atoms with E-state index in [1.165, 1.54) is 0 Å². The highest BCUT2D eigenvalue weighted by atomic mass is 16.4. The lowest BCUT2D eigenvalue weighted by Crippen LogP contribution is -2.23. The van der Waals surface area contributed by atoms with Crippen LogP contribution in [0.3, 0.4) is 0 Å². The molecule has 2 heterocycles. The standard InChI is InChI=1S/C21H22N4O3/c1-23(2)11-12-25-18-13-14(7-8-19(18)28-21(25)27)22-20(26)16-5-4-6-17-15(16)9-10-24(17)3/h4-10,13H,11-12H2,1-3H3,(H,22,26). The molecule has 2 aromatic carbocycles. The molecule has 0 aliphatic heterocycles. The number of hydrogen-bond acceptors (Lipinski definition) is 4. The Morgan fingerprint density at radius 1 is 1.14 bits per heavy atom. The van der Waals surface area contributed by atoms with Crippen molar-refractivity contribution in [1.29, 1.82) is 0 Å².